The third-order valence-corrected chi connectivity index (χ3v) is 3.07. The molecule has 0 fully saturated rings. The van der Waals surface area contributed by atoms with Gasteiger partial charge < -0.3 is 5.11 Å². The molecule has 3 nitrogen and oxygen atoms in total. The average Bonchev–Trinajstić information content (AvgIpc) is 2.41. The van der Waals surface area contributed by atoms with Crippen molar-refractivity contribution in [1.29, 1.82) is 0 Å². The van der Waals surface area contributed by atoms with Crippen molar-refractivity contribution in [3.05, 3.63) is 53.6 Å². The molecule has 0 amide bonds. The first-order valence-electron chi connectivity index (χ1n) is 5.46. The number of hydrogen-bond donors (Lipinski definition) is 1. The minimum Gasteiger partial charge on any atom is -0.505 e. The maximum absolute atomic E-state index is 10.3. The predicted molar refractivity (Wildman–Crippen MR) is 71.6 cm³/mol. The molecule has 1 N–H and O–H groups in total. The highest BCUT2D eigenvalue weighted by atomic mass is 35.5. The zero-order chi connectivity index (χ0) is 12.5. The standard InChI is InChI=1S/C14H9ClN2O/c15-11-8-4-7-10-13(11)17-16-12(14(10)18)9-5-2-1-3-6-9/h1-8H,(H,17,18). The molecule has 0 aliphatic rings. The zero-order valence-electron chi connectivity index (χ0n) is 9.34. The third kappa shape index (κ3) is 1.69. The van der Waals surface area contributed by atoms with Crippen molar-refractivity contribution in [1.82, 2.24) is 10.2 Å². The smallest absolute Gasteiger partial charge is 0.153 e. The number of aromatic nitrogens is 2. The van der Waals surface area contributed by atoms with E-state index in [4.69, 9.17) is 11.6 Å². The molecule has 0 unspecified atom stereocenters. The average molecular weight is 257 g/mol. The van der Waals surface area contributed by atoms with E-state index in [2.05, 4.69) is 10.2 Å². The quantitative estimate of drug-likeness (QED) is 0.723. The Labute approximate surface area is 109 Å². The van der Waals surface area contributed by atoms with Gasteiger partial charge in [-0.3, -0.25) is 0 Å². The molecule has 4 heteroatoms. The molecule has 3 aromatic rings. The van der Waals surface area contributed by atoms with Crippen LogP contribution >= 0.6 is 11.6 Å². The summed E-state index contributed by atoms with van der Waals surface area (Å²) < 4.78 is 0. The monoisotopic (exact) mass is 256 g/mol. The van der Waals surface area contributed by atoms with E-state index in [-0.39, 0.29) is 5.75 Å². The molecule has 0 atom stereocenters. The Hall–Kier alpha value is -2.13. The lowest BCUT2D eigenvalue weighted by Gasteiger charge is -2.06. The number of halogens is 1. The van der Waals surface area contributed by atoms with Crippen LogP contribution in [0, 0.1) is 0 Å². The second kappa shape index (κ2) is 4.27. The van der Waals surface area contributed by atoms with Crippen molar-refractivity contribution < 1.29 is 5.11 Å². The number of aromatic hydroxyl groups is 1. The van der Waals surface area contributed by atoms with Crippen LogP contribution in [-0.2, 0) is 0 Å². The van der Waals surface area contributed by atoms with Crippen molar-refractivity contribution in [2.45, 2.75) is 0 Å². The van der Waals surface area contributed by atoms with Gasteiger partial charge in [0.05, 0.1) is 5.02 Å². The second-order valence-corrected chi connectivity index (χ2v) is 4.31. The van der Waals surface area contributed by atoms with Crippen LogP contribution in [0.1, 0.15) is 0 Å². The molecular formula is C14H9ClN2O. The van der Waals surface area contributed by atoms with Crippen LogP contribution in [0.3, 0.4) is 0 Å². The second-order valence-electron chi connectivity index (χ2n) is 3.90. The Balaban J connectivity index is 2.31. The Kier molecular flexibility index (Phi) is 2.61. The fourth-order valence-corrected chi connectivity index (χ4v) is 2.09. The van der Waals surface area contributed by atoms with Gasteiger partial charge in [0.1, 0.15) is 11.2 Å². The Morgan fingerprint density at radius 3 is 2.44 bits per heavy atom. The molecule has 0 radical (unpaired) electrons. The van der Waals surface area contributed by atoms with Crippen LogP contribution in [0.4, 0.5) is 0 Å². The SMILES string of the molecule is Oc1c(-c2ccccc2)nnc2c(Cl)cccc12. The number of fused-ring (bicyclic) bond motifs is 1. The first-order chi connectivity index (χ1) is 8.77. The summed E-state index contributed by atoms with van der Waals surface area (Å²) in [6.07, 6.45) is 0. The van der Waals surface area contributed by atoms with Gasteiger partial charge >= 0.3 is 0 Å². The molecule has 2 aromatic carbocycles. The summed E-state index contributed by atoms with van der Waals surface area (Å²) in [5.74, 6) is 0.105. The number of hydrogen-bond acceptors (Lipinski definition) is 3. The van der Waals surface area contributed by atoms with Crippen LogP contribution in [0.25, 0.3) is 22.2 Å². The van der Waals surface area contributed by atoms with Gasteiger partial charge in [-0.1, -0.05) is 48.0 Å². The Morgan fingerprint density at radius 2 is 1.67 bits per heavy atom. The summed E-state index contributed by atoms with van der Waals surface area (Å²) in [5, 5.41) is 19.5. The maximum Gasteiger partial charge on any atom is 0.153 e. The summed E-state index contributed by atoms with van der Waals surface area (Å²) in [4.78, 5) is 0. The van der Waals surface area contributed by atoms with E-state index >= 15 is 0 Å². The molecular weight excluding hydrogens is 248 g/mol. The molecule has 0 bridgehead atoms. The Bertz CT molecular complexity index is 714. The van der Waals surface area contributed by atoms with E-state index in [1.54, 1.807) is 18.2 Å². The van der Waals surface area contributed by atoms with Crippen molar-refractivity contribution in [2.24, 2.45) is 0 Å². The van der Waals surface area contributed by atoms with Gasteiger partial charge in [0.2, 0.25) is 0 Å². The summed E-state index contributed by atoms with van der Waals surface area (Å²) in [6.45, 7) is 0. The molecule has 0 aliphatic carbocycles. The fourth-order valence-electron chi connectivity index (χ4n) is 1.87. The molecule has 3 rings (SSSR count). The minimum absolute atomic E-state index is 0.105. The topological polar surface area (TPSA) is 46.0 Å². The van der Waals surface area contributed by atoms with Gasteiger partial charge in [-0.25, -0.2) is 0 Å². The van der Waals surface area contributed by atoms with Crippen LogP contribution in [0.2, 0.25) is 5.02 Å². The lowest BCUT2D eigenvalue weighted by molar-refractivity contribution is 0.480. The van der Waals surface area contributed by atoms with E-state index in [0.29, 0.717) is 21.6 Å². The number of nitrogens with zero attached hydrogens (tertiary/aromatic N) is 2. The molecule has 88 valence electrons. The van der Waals surface area contributed by atoms with E-state index in [0.717, 1.165) is 5.56 Å². The van der Waals surface area contributed by atoms with Crippen molar-refractivity contribution >= 4 is 22.5 Å². The molecule has 0 spiro atoms. The van der Waals surface area contributed by atoms with Gasteiger partial charge in [-0.15, -0.1) is 10.2 Å². The zero-order valence-corrected chi connectivity index (χ0v) is 10.1. The van der Waals surface area contributed by atoms with Crippen LogP contribution in [-0.4, -0.2) is 15.3 Å². The third-order valence-electron chi connectivity index (χ3n) is 2.76. The van der Waals surface area contributed by atoms with Gasteiger partial charge in [-0.05, 0) is 12.1 Å². The van der Waals surface area contributed by atoms with Crippen molar-refractivity contribution in [3.8, 4) is 17.0 Å². The lowest BCUT2D eigenvalue weighted by Crippen LogP contribution is -1.91. The van der Waals surface area contributed by atoms with Gasteiger partial charge in [0.15, 0.2) is 5.75 Å². The minimum atomic E-state index is 0.105. The normalized spacial score (nSPS) is 10.7. The lowest BCUT2D eigenvalue weighted by atomic mass is 10.1. The predicted octanol–water partition coefficient (Wildman–Crippen LogP) is 3.66. The highest BCUT2D eigenvalue weighted by Crippen LogP contribution is 2.34. The van der Waals surface area contributed by atoms with E-state index < -0.39 is 0 Å². The summed E-state index contributed by atoms with van der Waals surface area (Å²) >= 11 is 6.01. The highest BCUT2D eigenvalue weighted by molar-refractivity contribution is 6.35. The molecule has 0 aliphatic heterocycles. The molecule has 1 heterocycles. The highest BCUT2D eigenvalue weighted by Gasteiger charge is 2.12. The van der Waals surface area contributed by atoms with Gasteiger partial charge in [0.25, 0.3) is 0 Å². The van der Waals surface area contributed by atoms with Crippen molar-refractivity contribution in [2.75, 3.05) is 0 Å². The maximum atomic E-state index is 10.3. The van der Waals surface area contributed by atoms with E-state index in [1.165, 1.54) is 0 Å². The fraction of sp³-hybridized carbons (Fsp3) is 0. The van der Waals surface area contributed by atoms with Crippen LogP contribution < -0.4 is 0 Å². The summed E-state index contributed by atoms with van der Waals surface area (Å²) in [7, 11) is 0. The Morgan fingerprint density at radius 1 is 0.889 bits per heavy atom. The summed E-state index contributed by atoms with van der Waals surface area (Å²) in [6, 6.07) is 14.7. The van der Waals surface area contributed by atoms with Crippen molar-refractivity contribution in [3.63, 3.8) is 0 Å². The largest absolute Gasteiger partial charge is 0.505 e. The molecule has 0 saturated heterocycles. The molecule has 18 heavy (non-hydrogen) atoms. The summed E-state index contributed by atoms with van der Waals surface area (Å²) in [5.41, 5.74) is 1.80. The number of benzene rings is 2. The van der Waals surface area contributed by atoms with Gasteiger partial charge in [-0.2, -0.15) is 0 Å². The van der Waals surface area contributed by atoms with Crippen LogP contribution in [0.5, 0.6) is 5.75 Å². The van der Waals surface area contributed by atoms with Crippen LogP contribution in [0.15, 0.2) is 48.5 Å². The number of rotatable bonds is 1. The molecule has 1 aromatic heterocycles. The first kappa shape index (κ1) is 11.0. The first-order valence-corrected chi connectivity index (χ1v) is 5.84. The van der Waals surface area contributed by atoms with Gasteiger partial charge in [0, 0.05) is 10.9 Å². The van der Waals surface area contributed by atoms with E-state index in [1.807, 2.05) is 30.3 Å². The van der Waals surface area contributed by atoms with E-state index in [9.17, 15) is 5.11 Å². The molecule has 0 saturated carbocycles.